The molecule has 29 heavy (non-hydrogen) atoms. The van der Waals surface area contributed by atoms with Crippen molar-refractivity contribution in [3.8, 4) is 22.3 Å². The van der Waals surface area contributed by atoms with E-state index in [-0.39, 0.29) is 5.91 Å². The molecule has 0 fully saturated rings. The van der Waals surface area contributed by atoms with Gasteiger partial charge in [0.2, 0.25) is 5.91 Å². The fourth-order valence-electron chi connectivity index (χ4n) is 4.55. The summed E-state index contributed by atoms with van der Waals surface area (Å²) in [5.74, 6) is 0.138. The minimum Gasteiger partial charge on any atom is -0.367 e. The third-order valence-corrected chi connectivity index (χ3v) is 6.30. The lowest BCUT2D eigenvalue weighted by molar-refractivity contribution is -0.122. The maximum Gasteiger partial charge on any atom is 0.242 e. The van der Waals surface area contributed by atoms with Crippen molar-refractivity contribution >= 4 is 17.3 Å². The number of nitrogens with zero attached hydrogens (tertiary/aromatic N) is 2. The molecule has 2 aliphatic heterocycles. The topological polar surface area (TPSA) is 49.0 Å². The molecule has 1 N–H and O–H groups in total. The largest absolute Gasteiger partial charge is 0.367 e. The van der Waals surface area contributed by atoms with Crippen molar-refractivity contribution in [3.63, 3.8) is 0 Å². The summed E-state index contributed by atoms with van der Waals surface area (Å²) in [5, 5.41) is 0. The number of rotatable bonds is 3. The highest BCUT2D eigenvalue weighted by Crippen LogP contribution is 2.59. The number of pyridine rings is 2. The van der Waals surface area contributed by atoms with Crippen LogP contribution in [0.5, 0.6) is 0 Å². The quantitative estimate of drug-likeness (QED) is 0.485. The van der Waals surface area contributed by atoms with Gasteiger partial charge in [-0.3, -0.25) is 14.7 Å². The van der Waals surface area contributed by atoms with E-state index in [0.717, 1.165) is 45.6 Å². The monoisotopic (exact) mass is 381 g/mol. The SMILES string of the molecule is CCC1(C)C(=O)N(c2ccc(C)cc2)c2c(-c3ccncc3)c3c[nH]ccc-3c21. The van der Waals surface area contributed by atoms with Gasteiger partial charge in [-0.25, -0.2) is 0 Å². The van der Waals surface area contributed by atoms with Crippen LogP contribution in [0.4, 0.5) is 11.4 Å². The molecule has 0 spiro atoms. The number of aromatic amines is 1. The van der Waals surface area contributed by atoms with Gasteiger partial charge >= 0.3 is 0 Å². The maximum atomic E-state index is 13.8. The Labute approximate surface area is 170 Å². The van der Waals surface area contributed by atoms with Crippen LogP contribution in [0, 0.1) is 6.92 Å². The Hall–Kier alpha value is -3.40. The number of nitrogens with one attached hydrogen (secondary N) is 1. The Kier molecular flexibility index (Phi) is 3.85. The molecule has 144 valence electrons. The molecule has 3 aliphatic rings. The van der Waals surface area contributed by atoms with E-state index in [9.17, 15) is 4.79 Å². The summed E-state index contributed by atoms with van der Waals surface area (Å²) in [7, 11) is 0. The number of benzene rings is 1. The van der Waals surface area contributed by atoms with Crippen LogP contribution >= 0.6 is 0 Å². The standard InChI is InChI=1S/C25H23N3O/c1-4-25(3)22-19-11-14-27-15-20(19)21(17-9-12-26-13-10-17)23(22)28(24(25)29)18-7-5-16(2)6-8-18/h5-15,27H,4H2,1-3H3. The molecule has 2 aromatic rings. The van der Waals surface area contributed by atoms with E-state index in [2.05, 4.69) is 48.9 Å². The zero-order chi connectivity index (χ0) is 20.2. The highest BCUT2D eigenvalue weighted by molar-refractivity contribution is 6.21. The van der Waals surface area contributed by atoms with E-state index >= 15 is 0 Å². The van der Waals surface area contributed by atoms with Crippen molar-refractivity contribution in [1.29, 1.82) is 0 Å². The van der Waals surface area contributed by atoms with Crippen molar-refractivity contribution in [2.45, 2.75) is 32.6 Å². The smallest absolute Gasteiger partial charge is 0.242 e. The van der Waals surface area contributed by atoms with Gasteiger partial charge in [0.25, 0.3) is 0 Å². The minimum atomic E-state index is -0.564. The van der Waals surface area contributed by atoms with E-state index in [1.807, 2.05) is 41.6 Å². The van der Waals surface area contributed by atoms with E-state index in [1.54, 1.807) is 12.4 Å². The van der Waals surface area contributed by atoms with Crippen LogP contribution in [0.25, 0.3) is 22.3 Å². The van der Waals surface area contributed by atoms with Crippen LogP contribution < -0.4 is 4.90 Å². The molecule has 4 heteroatoms. The lowest BCUT2D eigenvalue weighted by Gasteiger charge is -2.26. The molecule has 0 bridgehead atoms. The number of hydrogen-bond donors (Lipinski definition) is 1. The molecule has 4 nitrogen and oxygen atoms in total. The molecular weight excluding hydrogens is 358 g/mol. The third-order valence-electron chi connectivity index (χ3n) is 6.30. The molecule has 1 amide bonds. The van der Waals surface area contributed by atoms with Crippen molar-refractivity contribution < 1.29 is 4.79 Å². The van der Waals surface area contributed by atoms with Gasteiger partial charge in [-0.1, -0.05) is 24.6 Å². The van der Waals surface area contributed by atoms with Gasteiger partial charge in [0.1, 0.15) is 0 Å². The van der Waals surface area contributed by atoms with E-state index in [0.29, 0.717) is 0 Å². The van der Waals surface area contributed by atoms with Gasteiger partial charge in [-0.05, 0) is 61.7 Å². The average molecular weight is 381 g/mol. The number of fused-ring (bicyclic) bond motifs is 3. The van der Waals surface area contributed by atoms with Crippen LogP contribution in [0.3, 0.4) is 0 Å². The lowest BCUT2D eigenvalue weighted by atomic mass is 9.80. The van der Waals surface area contributed by atoms with Gasteiger partial charge in [0.15, 0.2) is 0 Å². The Bertz CT molecular complexity index is 1180. The predicted octanol–water partition coefficient (Wildman–Crippen LogP) is 5.84. The van der Waals surface area contributed by atoms with E-state index in [4.69, 9.17) is 0 Å². The first-order valence-electron chi connectivity index (χ1n) is 10.0. The molecule has 1 aromatic heterocycles. The summed E-state index contributed by atoms with van der Waals surface area (Å²) in [6.45, 7) is 6.24. The van der Waals surface area contributed by atoms with Crippen molar-refractivity contribution in [2.75, 3.05) is 4.90 Å². The summed E-state index contributed by atoms with van der Waals surface area (Å²) in [5.41, 5.74) is 8.07. The van der Waals surface area contributed by atoms with Gasteiger partial charge in [0, 0.05) is 47.2 Å². The predicted molar refractivity (Wildman–Crippen MR) is 117 cm³/mol. The van der Waals surface area contributed by atoms with Crippen molar-refractivity contribution in [2.24, 2.45) is 0 Å². The summed E-state index contributed by atoms with van der Waals surface area (Å²) >= 11 is 0. The molecule has 3 heterocycles. The van der Waals surface area contributed by atoms with Crippen LogP contribution in [-0.2, 0) is 10.2 Å². The second kappa shape index (κ2) is 6.31. The van der Waals surface area contributed by atoms with Gasteiger partial charge in [-0.15, -0.1) is 0 Å². The highest BCUT2D eigenvalue weighted by Gasteiger charge is 2.51. The normalized spacial score (nSPS) is 18.4. The third kappa shape index (κ3) is 2.38. The minimum absolute atomic E-state index is 0.138. The van der Waals surface area contributed by atoms with E-state index < -0.39 is 5.41 Å². The first-order valence-corrected chi connectivity index (χ1v) is 10.0. The Balaban J connectivity index is 1.90. The zero-order valence-electron chi connectivity index (χ0n) is 16.9. The highest BCUT2D eigenvalue weighted by atomic mass is 16.2. The average Bonchev–Trinajstić information content (AvgIpc) is 3.21. The molecule has 1 aromatic carbocycles. The number of carbonyl (C=O) groups excluding carboxylic acids is 1. The van der Waals surface area contributed by atoms with Crippen molar-refractivity contribution in [1.82, 2.24) is 9.97 Å². The Morgan fingerprint density at radius 2 is 1.76 bits per heavy atom. The van der Waals surface area contributed by atoms with Crippen LogP contribution in [0.1, 0.15) is 31.4 Å². The number of anilines is 2. The maximum absolute atomic E-state index is 13.8. The number of aromatic nitrogens is 2. The number of carbonyl (C=O) groups is 1. The zero-order valence-corrected chi connectivity index (χ0v) is 16.9. The fraction of sp³-hybridized carbons (Fsp3) is 0.200. The second-order valence-corrected chi connectivity index (χ2v) is 7.97. The lowest BCUT2D eigenvalue weighted by Crippen LogP contribution is -2.35. The number of H-pyrrole nitrogens is 1. The molecular formula is C25H23N3O. The summed E-state index contributed by atoms with van der Waals surface area (Å²) in [6, 6.07) is 14.3. The summed E-state index contributed by atoms with van der Waals surface area (Å²) in [6.07, 6.45) is 8.33. The molecule has 1 atom stereocenters. The van der Waals surface area contributed by atoms with Gasteiger partial charge in [-0.2, -0.15) is 0 Å². The van der Waals surface area contributed by atoms with Gasteiger partial charge in [0.05, 0.1) is 11.1 Å². The fourth-order valence-corrected chi connectivity index (χ4v) is 4.55. The first kappa shape index (κ1) is 17.7. The molecule has 0 radical (unpaired) electrons. The molecule has 1 aliphatic carbocycles. The summed E-state index contributed by atoms with van der Waals surface area (Å²) in [4.78, 5) is 23.1. The van der Waals surface area contributed by atoms with Crippen LogP contribution in [0.15, 0.2) is 67.3 Å². The number of aryl methyl sites for hydroxylation is 1. The molecule has 0 saturated carbocycles. The summed E-state index contributed by atoms with van der Waals surface area (Å²) < 4.78 is 0. The Morgan fingerprint density at radius 1 is 1.03 bits per heavy atom. The first-order chi connectivity index (χ1) is 14.1. The van der Waals surface area contributed by atoms with Crippen LogP contribution in [-0.4, -0.2) is 15.9 Å². The second-order valence-electron chi connectivity index (χ2n) is 7.97. The molecule has 5 rings (SSSR count). The number of hydrogen-bond acceptors (Lipinski definition) is 2. The van der Waals surface area contributed by atoms with Crippen LogP contribution in [0.2, 0.25) is 0 Å². The Morgan fingerprint density at radius 3 is 2.45 bits per heavy atom. The van der Waals surface area contributed by atoms with E-state index in [1.165, 1.54) is 5.56 Å². The van der Waals surface area contributed by atoms with Crippen molar-refractivity contribution in [3.05, 3.63) is 78.4 Å². The number of amides is 1. The van der Waals surface area contributed by atoms with Gasteiger partial charge < -0.3 is 4.98 Å². The molecule has 1 unspecified atom stereocenters. The molecule has 0 saturated heterocycles.